The lowest BCUT2D eigenvalue weighted by atomic mass is 9.76. The van der Waals surface area contributed by atoms with Gasteiger partial charge in [0.1, 0.15) is 0 Å². The summed E-state index contributed by atoms with van der Waals surface area (Å²) in [5.41, 5.74) is 3.94. The van der Waals surface area contributed by atoms with Crippen LogP contribution >= 0.6 is 0 Å². The smallest absolute Gasteiger partial charge is 0.0621 e. The summed E-state index contributed by atoms with van der Waals surface area (Å²) < 4.78 is 0. The predicted octanol–water partition coefficient (Wildman–Crippen LogP) is 4.54. The first kappa shape index (κ1) is 11.5. The number of hydrogen-bond acceptors (Lipinski definition) is 1. The first-order valence-corrected chi connectivity index (χ1v) is 6.59. The molecule has 1 nitrogen and oxygen atoms in total. The lowest BCUT2D eigenvalue weighted by Gasteiger charge is -2.35. The van der Waals surface area contributed by atoms with Gasteiger partial charge in [0.2, 0.25) is 0 Å². The van der Waals surface area contributed by atoms with Crippen molar-refractivity contribution < 1.29 is 0 Å². The van der Waals surface area contributed by atoms with Crippen LogP contribution < -0.4 is 0 Å². The molecule has 0 radical (unpaired) electrons. The molecule has 1 heteroatoms. The maximum atomic E-state index is 4.86. The highest BCUT2D eigenvalue weighted by Gasteiger charge is 2.33. The Balaban J connectivity index is 2.41. The standard InChI is InChI=1S/C17H19N/c1-11-16-14(12(2)18-17(11,3)4)10-9-13-7-5-6-8-15(13)16/h5-11H,1-4H3/t11-/m1/s1. The zero-order valence-corrected chi connectivity index (χ0v) is 11.5. The zero-order valence-electron chi connectivity index (χ0n) is 11.5. The third kappa shape index (κ3) is 1.50. The van der Waals surface area contributed by atoms with E-state index in [1.165, 1.54) is 27.6 Å². The minimum atomic E-state index is -0.0127. The topological polar surface area (TPSA) is 12.4 Å². The van der Waals surface area contributed by atoms with E-state index in [2.05, 4.69) is 64.1 Å². The number of benzene rings is 2. The van der Waals surface area contributed by atoms with E-state index in [-0.39, 0.29) is 5.54 Å². The van der Waals surface area contributed by atoms with Crippen LogP contribution in [0.4, 0.5) is 0 Å². The lowest BCUT2D eigenvalue weighted by molar-refractivity contribution is 0.434. The largest absolute Gasteiger partial charge is 0.283 e. The molecule has 0 fully saturated rings. The summed E-state index contributed by atoms with van der Waals surface area (Å²) in [4.78, 5) is 4.86. The molecular formula is C17H19N. The predicted molar refractivity (Wildman–Crippen MR) is 78.7 cm³/mol. The zero-order chi connectivity index (χ0) is 12.9. The van der Waals surface area contributed by atoms with Crippen molar-refractivity contribution >= 4 is 16.5 Å². The minimum Gasteiger partial charge on any atom is -0.283 e. The van der Waals surface area contributed by atoms with Gasteiger partial charge in [-0.3, -0.25) is 4.99 Å². The molecule has 3 rings (SSSR count). The van der Waals surface area contributed by atoms with E-state index in [9.17, 15) is 0 Å². The van der Waals surface area contributed by atoms with Crippen LogP contribution in [0.1, 0.15) is 44.7 Å². The maximum Gasteiger partial charge on any atom is 0.0621 e. The minimum absolute atomic E-state index is 0.0127. The molecule has 2 aromatic rings. The molecular weight excluding hydrogens is 218 g/mol. The van der Waals surface area contributed by atoms with Crippen LogP contribution in [0.3, 0.4) is 0 Å². The van der Waals surface area contributed by atoms with Crippen LogP contribution in [0.5, 0.6) is 0 Å². The summed E-state index contributed by atoms with van der Waals surface area (Å²) in [5, 5.41) is 2.71. The fourth-order valence-electron chi connectivity index (χ4n) is 3.02. The average Bonchev–Trinajstić information content (AvgIpc) is 2.34. The third-order valence-electron chi connectivity index (χ3n) is 4.31. The van der Waals surface area contributed by atoms with Crippen molar-refractivity contribution in [2.45, 2.75) is 39.2 Å². The van der Waals surface area contributed by atoms with E-state index in [1.807, 2.05) is 0 Å². The number of rotatable bonds is 0. The molecule has 0 aromatic heterocycles. The highest BCUT2D eigenvalue weighted by Crippen LogP contribution is 2.41. The fourth-order valence-corrected chi connectivity index (χ4v) is 3.02. The van der Waals surface area contributed by atoms with Gasteiger partial charge in [-0.15, -0.1) is 0 Å². The molecule has 0 N–H and O–H groups in total. The molecule has 0 aliphatic carbocycles. The van der Waals surface area contributed by atoms with Crippen LogP contribution in [-0.4, -0.2) is 11.3 Å². The van der Waals surface area contributed by atoms with Crippen molar-refractivity contribution in [2.75, 3.05) is 0 Å². The van der Waals surface area contributed by atoms with Gasteiger partial charge in [-0.05, 0) is 42.7 Å². The molecule has 0 saturated heterocycles. The fraction of sp³-hybridized carbons (Fsp3) is 0.353. The Bertz CT molecular complexity index is 650. The van der Waals surface area contributed by atoms with Gasteiger partial charge in [0, 0.05) is 11.6 Å². The van der Waals surface area contributed by atoms with E-state index in [1.54, 1.807) is 0 Å². The molecule has 1 aliphatic heterocycles. The molecule has 1 atom stereocenters. The van der Waals surface area contributed by atoms with Crippen LogP contribution in [0.25, 0.3) is 10.8 Å². The van der Waals surface area contributed by atoms with Crippen LogP contribution in [0.15, 0.2) is 41.4 Å². The SMILES string of the molecule is CC1=NC(C)(C)[C@H](C)c2c1ccc1ccccc21. The number of hydrogen-bond donors (Lipinski definition) is 0. The lowest BCUT2D eigenvalue weighted by Crippen LogP contribution is -2.32. The van der Waals surface area contributed by atoms with E-state index in [0.717, 1.165) is 0 Å². The molecule has 2 aromatic carbocycles. The molecule has 0 amide bonds. The van der Waals surface area contributed by atoms with Gasteiger partial charge < -0.3 is 0 Å². The number of fused-ring (bicyclic) bond motifs is 3. The van der Waals surface area contributed by atoms with Crippen molar-refractivity contribution in [1.29, 1.82) is 0 Å². The van der Waals surface area contributed by atoms with Crippen molar-refractivity contribution in [3.63, 3.8) is 0 Å². The van der Waals surface area contributed by atoms with Crippen molar-refractivity contribution in [2.24, 2.45) is 4.99 Å². The highest BCUT2D eigenvalue weighted by atomic mass is 14.9. The van der Waals surface area contributed by atoms with Crippen LogP contribution in [0.2, 0.25) is 0 Å². The first-order valence-electron chi connectivity index (χ1n) is 6.59. The highest BCUT2D eigenvalue weighted by molar-refractivity contribution is 6.06. The molecule has 1 heterocycles. The van der Waals surface area contributed by atoms with Gasteiger partial charge in [0.25, 0.3) is 0 Å². The second-order valence-corrected chi connectivity index (χ2v) is 5.82. The quantitative estimate of drug-likeness (QED) is 0.637. The molecule has 0 saturated carbocycles. The van der Waals surface area contributed by atoms with E-state index < -0.39 is 0 Å². The Hall–Kier alpha value is -1.63. The van der Waals surface area contributed by atoms with Gasteiger partial charge in [0.05, 0.1) is 5.54 Å². The Morgan fingerprint density at radius 1 is 1.06 bits per heavy atom. The molecule has 0 unspecified atom stereocenters. The van der Waals surface area contributed by atoms with Crippen LogP contribution in [-0.2, 0) is 0 Å². The van der Waals surface area contributed by atoms with E-state index in [0.29, 0.717) is 5.92 Å². The monoisotopic (exact) mass is 237 g/mol. The molecule has 1 aliphatic rings. The summed E-state index contributed by atoms with van der Waals surface area (Å²) in [7, 11) is 0. The van der Waals surface area contributed by atoms with Crippen molar-refractivity contribution in [3.05, 3.63) is 47.5 Å². The van der Waals surface area contributed by atoms with E-state index in [4.69, 9.17) is 4.99 Å². The first-order chi connectivity index (χ1) is 8.50. The number of aliphatic imine (C=N–C) groups is 1. The average molecular weight is 237 g/mol. The molecule has 18 heavy (non-hydrogen) atoms. The maximum absolute atomic E-state index is 4.86. The summed E-state index contributed by atoms with van der Waals surface area (Å²) in [5.74, 6) is 0.447. The van der Waals surface area contributed by atoms with Crippen LogP contribution in [0, 0.1) is 0 Å². The Kier molecular flexibility index (Phi) is 2.34. The second-order valence-electron chi connectivity index (χ2n) is 5.82. The summed E-state index contributed by atoms with van der Waals surface area (Å²) in [6.45, 7) is 8.88. The number of nitrogens with zero attached hydrogens (tertiary/aromatic N) is 1. The molecule has 0 spiro atoms. The van der Waals surface area contributed by atoms with Gasteiger partial charge in [-0.1, -0.05) is 43.3 Å². The normalized spacial score (nSPS) is 21.6. The third-order valence-corrected chi connectivity index (χ3v) is 4.31. The second kappa shape index (κ2) is 3.68. The van der Waals surface area contributed by atoms with Crippen molar-refractivity contribution in [3.8, 4) is 0 Å². The Morgan fingerprint density at radius 2 is 1.78 bits per heavy atom. The summed E-state index contributed by atoms with van der Waals surface area (Å²) in [6, 6.07) is 13.1. The Labute approximate surface area is 109 Å². The summed E-state index contributed by atoms with van der Waals surface area (Å²) >= 11 is 0. The van der Waals surface area contributed by atoms with Gasteiger partial charge in [-0.25, -0.2) is 0 Å². The summed E-state index contributed by atoms with van der Waals surface area (Å²) in [6.07, 6.45) is 0. The van der Waals surface area contributed by atoms with Gasteiger partial charge in [-0.2, -0.15) is 0 Å². The molecule has 0 bridgehead atoms. The van der Waals surface area contributed by atoms with Gasteiger partial charge >= 0.3 is 0 Å². The van der Waals surface area contributed by atoms with Crippen molar-refractivity contribution in [1.82, 2.24) is 0 Å². The molecule has 92 valence electrons. The van der Waals surface area contributed by atoms with Gasteiger partial charge in [0.15, 0.2) is 0 Å². The Morgan fingerprint density at radius 3 is 2.56 bits per heavy atom. The van der Waals surface area contributed by atoms with E-state index >= 15 is 0 Å².